The molecule has 1 aliphatic carbocycles. The lowest BCUT2D eigenvalue weighted by Crippen LogP contribution is -2.63. The van der Waals surface area contributed by atoms with Gasteiger partial charge in [0.25, 0.3) is 0 Å². The van der Waals surface area contributed by atoms with Crippen LogP contribution in [0.15, 0.2) is 0 Å². The second kappa shape index (κ2) is 4.34. The van der Waals surface area contributed by atoms with Gasteiger partial charge >= 0.3 is 0 Å². The Labute approximate surface area is 96.8 Å². The van der Waals surface area contributed by atoms with E-state index in [0.717, 1.165) is 19.3 Å². The summed E-state index contributed by atoms with van der Waals surface area (Å²) in [4.78, 5) is 14.0. The fourth-order valence-corrected chi connectivity index (χ4v) is 2.98. The van der Waals surface area contributed by atoms with Gasteiger partial charge in [0.1, 0.15) is 0 Å². The van der Waals surface area contributed by atoms with E-state index in [4.69, 9.17) is 5.73 Å². The molecule has 16 heavy (non-hydrogen) atoms. The quantitative estimate of drug-likeness (QED) is 0.714. The van der Waals surface area contributed by atoms with Crippen LogP contribution in [0.1, 0.15) is 32.6 Å². The van der Waals surface area contributed by atoms with Gasteiger partial charge in [-0.25, -0.2) is 0 Å². The molecule has 4 heteroatoms. The van der Waals surface area contributed by atoms with Crippen LogP contribution in [-0.2, 0) is 4.79 Å². The van der Waals surface area contributed by atoms with E-state index in [0.29, 0.717) is 25.6 Å². The Balaban J connectivity index is 1.93. The minimum Gasteiger partial charge on any atom is -0.386 e. The molecule has 0 aromatic carbocycles. The molecule has 2 atom stereocenters. The van der Waals surface area contributed by atoms with Crippen LogP contribution in [0.2, 0.25) is 0 Å². The molecule has 1 amide bonds. The first kappa shape index (κ1) is 11.9. The Hall–Kier alpha value is -0.610. The molecule has 1 saturated heterocycles. The van der Waals surface area contributed by atoms with Crippen molar-refractivity contribution in [2.45, 2.75) is 38.2 Å². The van der Waals surface area contributed by atoms with Gasteiger partial charge in [0.05, 0.1) is 18.7 Å². The van der Waals surface area contributed by atoms with E-state index in [1.54, 1.807) is 11.8 Å². The molecule has 4 nitrogen and oxygen atoms in total. The molecule has 0 aromatic rings. The third-order valence-electron chi connectivity index (χ3n) is 3.90. The number of carbonyl (C=O) groups is 1. The first-order valence-corrected chi connectivity index (χ1v) is 6.25. The smallest absolute Gasteiger partial charge is 0.226 e. The fraction of sp³-hybridized carbons (Fsp3) is 0.917. The topological polar surface area (TPSA) is 66.6 Å². The summed E-state index contributed by atoms with van der Waals surface area (Å²) in [5, 5.41) is 9.64. The van der Waals surface area contributed by atoms with Gasteiger partial charge in [-0.3, -0.25) is 4.79 Å². The molecule has 2 fully saturated rings. The van der Waals surface area contributed by atoms with Gasteiger partial charge in [-0.2, -0.15) is 0 Å². The molecular formula is C12H22N2O2. The summed E-state index contributed by atoms with van der Waals surface area (Å²) < 4.78 is 0. The molecule has 0 aromatic heterocycles. The van der Waals surface area contributed by atoms with E-state index >= 15 is 0 Å². The number of rotatable bonds is 2. The minimum absolute atomic E-state index is 0.106. The number of nitrogens with two attached hydrogens (primary N) is 1. The molecule has 1 aliphatic heterocycles. The van der Waals surface area contributed by atoms with Gasteiger partial charge < -0.3 is 15.7 Å². The first-order chi connectivity index (χ1) is 7.53. The van der Waals surface area contributed by atoms with Crippen molar-refractivity contribution in [1.82, 2.24) is 4.90 Å². The second-order valence-electron chi connectivity index (χ2n) is 5.58. The van der Waals surface area contributed by atoms with Gasteiger partial charge in [-0.05, 0) is 32.2 Å². The fourth-order valence-electron chi connectivity index (χ4n) is 2.98. The van der Waals surface area contributed by atoms with Crippen LogP contribution in [0.3, 0.4) is 0 Å². The summed E-state index contributed by atoms with van der Waals surface area (Å²) in [5.74, 6) is 0.670. The average molecular weight is 226 g/mol. The maximum atomic E-state index is 12.2. The standard InChI is InChI=1S/C12H22N2O2/c1-12(16)7-14(8-12)11(15)10-5-3-2-4-9(10)6-13/h9-10,16H,2-8,13H2,1H3. The molecule has 3 N–H and O–H groups in total. The SMILES string of the molecule is CC1(O)CN(C(=O)C2CCCCC2CN)C1. The van der Waals surface area contributed by atoms with E-state index in [2.05, 4.69) is 0 Å². The minimum atomic E-state index is -0.664. The maximum absolute atomic E-state index is 12.2. The third kappa shape index (κ3) is 2.23. The van der Waals surface area contributed by atoms with Gasteiger partial charge in [-0.1, -0.05) is 12.8 Å². The lowest BCUT2D eigenvalue weighted by Gasteiger charge is -2.46. The van der Waals surface area contributed by atoms with E-state index in [1.165, 1.54) is 6.42 Å². The zero-order chi connectivity index (χ0) is 11.8. The molecule has 92 valence electrons. The number of hydrogen-bond donors (Lipinski definition) is 2. The van der Waals surface area contributed by atoms with Crippen molar-refractivity contribution < 1.29 is 9.90 Å². The number of aliphatic hydroxyl groups is 1. The monoisotopic (exact) mass is 226 g/mol. The zero-order valence-electron chi connectivity index (χ0n) is 9.98. The van der Waals surface area contributed by atoms with Crippen LogP contribution in [0.25, 0.3) is 0 Å². The summed E-state index contributed by atoms with van der Waals surface area (Å²) in [6.07, 6.45) is 4.39. The van der Waals surface area contributed by atoms with Crippen molar-refractivity contribution in [1.29, 1.82) is 0 Å². The van der Waals surface area contributed by atoms with Gasteiger partial charge in [0, 0.05) is 5.92 Å². The van der Waals surface area contributed by atoms with Crippen LogP contribution in [0.5, 0.6) is 0 Å². The lowest BCUT2D eigenvalue weighted by molar-refractivity contribution is -0.159. The van der Waals surface area contributed by atoms with Crippen molar-refractivity contribution in [2.24, 2.45) is 17.6 Å². The van der Waals surface area contributed by atoms with Crippen LogP contribution < -0.4 is 5.73 Å². The predicted molar refractivity (Wildman–Crippen MR) is 61.7 cm³/mol. The number of β-amino-alcohol motifs (C(OH)–C–C–N with tert-alkyl or cyclic N) is 1. The number of likely N-dealkylation sites (tertiary alicyclic amines) is 1. The second-order valence-corrected chi connectivity index (χ2v) is 5.58. The average Bonchev–Trinajstić information content (AvgIpc) is 2.24. The highest BCUT2D eigenvalue weighted by atomic mass is 16.3. The van der Waals surface area contributed by atoms with Crippen molar-refractivity contribution in [3.63, 3.8) is 0 Å². The van der Waals surface area contributed by atoms with Crippen molar-refractivity contribution in [3.05, 3.63) is 0 Å². The highest BCUT2D eigenvalue weighted by molar-refractivity contribution is 5.80. The molecule has 2 aliphatic rings. The maximum Gasteiger partial charge on any atom is 0.226 e. The van der Waals surface area contributed by atoms with Gasteiger partial charge in [0.15, 0.2) is 0 Å². The molecule has 1 saturated carbocycles. The van der Waals surface area contributed by atoms with Gasteiger partial charge in [0.2, 0.25) is 5.91 Å². The van der Waals surface area contributed by atoms with Crippen molar-refractivity contribution >= 4 is 5.91 Å². The highest BCUT2D eigenvalue weighted by Crippen LogP contribution is 2.33. The Morgan fingerprint density at radius 2 is 2.06 bits per heavy atom. The van der Waals surface area contributed by atoms with Crippen LogP contribution in [0.4, 0.5) is 0 Å². The van der Waals surface area contributed by atoms with Crippen molar-refractivity contribution in [3.8, 4) is 0 Å². The number of amides is 1. The Bertz CT molecular complexity index is 270. The molecule has 0 spiro atoms. The number of hydrogen-bond acceptors (Lipinski definition) is 3. The summed E-state index contributed by atoms with van der Waals surface area (Å²) in [6.45, 7) is 3.36. The molecule has 1 heterocycles. The van der Waals surface area contributed by atoms with Crippen LogP contribution >= 0.6 is 0 Å². The Morgan fingerprint density at radius 1 is 1.44 bits per heavy atom. The zero-order valence-corrected chi connectivity index (χ0v) is 9.98. The third-order valence-corrected chi connectivity index (χ3v) is 3.90. The number of carbonyl (C=O) groups excluding carboxylic acids is 1. The predicted octanol–water partition coefficient (Wildman–Crippen LogP) is 0.345. The Kier molecular flexibility index (Phi) is 3.22. The summed E-state index contributed by atoms with van der Waals surface area (Å²) in [6, 6.07) is 0. The molecule has 0 radical (unpaired) electrons. The van der Waals surface area contributed by atoms with E-state index in [-0.39, 0.29) is 11.8 Å². The first-order valence-electron chi connectivity index (χ1n) is 6.25. The summed E-state index contributed by atoms with van der Waals surface area (Å²) in [5.41, 5.74) is 5.06. The molecule has 2 unspecified atom stereocenters. The normalized spacial score (nSPS) is 33.3. The molecule has 2 rings (SSSR count). The Morgan fingerprint density at radius 3 is 2.62 bits per heavy atom. The van der Waals surface area contributed by atoms with Crippen molar-refractivity contribution in [2.75, 3.05) is 19.6 Å². The van der Waals surface area contributed by atoms with Crippen LogP contribution in [-0.4, -0.2) is 41.1 Å². The van der Waals surface area contributed by atoms with Gasteiger partial charge in [-0.15, -0.1) is 0 Å². The largest absolute Gasteiger partial charge is 0.386 e. The molecule has 0 bridgehead atoms. The number of nitrogens with zero attached hydrogens (tertiary/aromatic N) is 1. The van der Waals surface area contributed by atoms with E-state index in [9.17, 15) is 9.90 Å². The molecular weight excluding hydrogens is 204 g/mol. The summed E-state index contributed by atoms with van der Waals surface area (Å²) in [7, 11) is 0. The lowest BCUT2D eigenvalue weighted by atomic mass is 9.77. The van der Waals surface area contributed by atoms with E-state index < -0.39 is 5.60 Å². The highest BCUT2D eigenvalue weighted by Gasteiger charge is 2.43. The summed E-state index contributed by atoms with van der Waals surface area (Å²) >= 11 is 0. The van der Waals surface area contributed by atoms with E-state index in [1.807, 2.05) is 0 Å². The van der Waals surface area contributed by atoms with Crippen LogP contribution in [0, 0.1) is 11.8 Å².